The van der Waals surface area contributed by atoms with Gasteiger partial charge in [-0.15, -0.1) is 0 Å². The summed E-state index contributed by atoms with van der Waals surface area (Å²) in [6.07, 6.45) is 8.68. The van der Waals surface area contributed by atoms with Crippen LogP contribution in [0.15, 0.2) is 5.16 Å². The minimum absolute atomic E-state index is 0.0844. The molecule has 0 heterocycles. The standard InChI is InChI=1S/C13H25N3O2/c14-11(16-18)8-12(6-7-12)9-15-13(10-17)4-2-1-3-5-13/h15,17-18H,1-10H2,(H2,14,16). The highest BCUT2D eigenvalue weighted by molar-refractivity contribution is 5.80. The van der Waals surface area contributed by atoms with Crippen molar-refractivity contribution in [2.24, 2.45) is 16.3 Å². The van der Waals surface area contributed by atoms with Gasteiger partial charge in [0.1, 0.15) is 5.84 Å². The van der Waals surface area contributed by atoms with E-state index in [1.165, 1.54) is 19.3 Å². The van der Waals surface area contributed by atoms with Gasteiger partial charge in [0.05, 0.1) is 6.61 Å². The van der Waals surface area contributed by atoms with Crippen LogP contribution >= 0.6 is 0 Å². The van der Waals surface area contributed by atoms with E-state index in [2.05, 4.69) is 10.5 Å². The zero-order chi connectivity index (χ0) is 13.1. The number of nitrogens with two attached hydrogens (primary N) is 1. The lowest BCUT2D eigenvalue weighted by Gasteiger charge is -2.38. The Morgan fingerprint density at radius 3 is 2.33 bits per heavy atom. The number of aliphatic hydroxyl groups excluding tert-OH is 1. The second-order valence-electron chi connectivity index (χ2n) is 6.12. The normalized spacial score (nSPS) is 25.9. The molecule has 0 radical (unpaired) electrons. The van der Waals surface area contributed by atoms with Gasteiger partial charge in [-0.1, -0.05) is 24.4 Å². The Bertz CT molecular complexity index is 307. The molecule has 0 aromatic carbocycles. The SMILES string of the molecule is NC(CC1(CNC2(CO)CCCCC2)CC1)=NO. The molecule has 5 N–H and O–H groups in total. The van der Waals surface area contributed by atoms with Crippen LogP contribution < -0.4 is 11.1 Å². The average molecular weight is 255 g/mol. The van der Waals surface area contributed by atoms with Gasteiger partial charge in [0.25, 0.3) is 0 Å². The van der Waals surface area contributed by atoms with Gasteiger partial charge in [-0.3, -0.25) is 0 Å². The fourth-order valence-corrected chi connectivity index (χ4v) is 3.01. The van der Waals surface area contributed by atoms with E-state index in [0.717, 1.165) is 32.2 Å². The van der Waals surface area contributed by atoms with Gasteiger partial charge in [0.15, 0.2) is 0 Å². The number of aliphatic hydroxyl groups is 1. The third kappa shape index (κ3) is 3.14. The van der Waals surface area contributed by atoms with Crippen molar-refractivity contribution in [1.82, 2.24) is 5.32 Å². The molecule has 0 aromatic heterocycles. The molecule has 0 saturated heterocycles. The zero-order valence-electron chi connectivity index (χ0n) is 11.0. The van der Waals surface area contributed by atoms with E-state index >= 15 is 0 Å². The molecule has 2 fully saturated rings. The van der Waals surface area contributed by atoms with E-state index in [1.807, 2.05) is 0 Å². The smallest absolute Gasteiger partial charge is 0.139 e. The van der Waals surface area contributed by atoms with E-state index in [-0.39, 0.29) is 17.6 Å². The summed E-state index contributed by atoms with van der Waals surface area (Å²) in [5, 5.41) is 24.9. The molecule has 0 bridgehead atoms. The van der Waals surface area contributed by atoms with Gasteiger partial charge in [-0.05, 0) is 31.1 Å². The van der Waals surface area contributed by atoms with Gasteiger partial charge < -0.3 is 21.4 Å². The molecule has 0 spiro atoms. The van der Waals surface area contributed by atoms with E-state index in [4.69, 9.17) is 10.9 Å². The highest BCUT2D eigenvalue weighted by Crippen LogP contribution is 2.48. The second kappa shape index (κ2) is 5.45. The third-order valence-electron chi connectivity index (χ3n) is 4.59. The molecule has 2 aliphatic carbocycles. The van der Waals surface area contributed by atoms with Crippen molar-refractivity contribution in [3.63, 3.8) is 0 Å². The molecule has 104 valence electrons. The van der Waals surface area contributed by atoms with E-state index in [9.17, 15) is 5.11 Å². The summed E-state index contributed by atoms with van der Waals surface area (Å²) in [5.74, 6) is 0.316. The third-order valence-corrected chi connectivity index (χ3v) is 4.59. The van der Waals surface area contributed by atoms with Crippen LogP contribution in [0.4, 0.5) is 0 Å². The fourth-order valence-electron chi connectivity index (χ4n) is 3.01. The maximum Gasteiger partial charge on any atom is 0.139 e. The number of rotatable bonds is 6. The Morgan fingerprint density at radius 1 is 1.17 bits per heavy atom. The minimum atomic E-state index is -0.0844. The number of nitrogens with zero attached hydrogens (tertiary/aromatic N) is 1. The predicted octanol–water partition coefficient (Wildman–Crippen LogP) is 1.19. The highest BCUT2D eigenvalue weighted by Gasteiger charge is 2.45. The Labute approximate surface area is 108 Å². The van der Waals surface area contributed by atoms with E-state index in [0.29, 0.717) is 12.3 Å². The van der Waals surface area contributed by atoms with Gasteiger partial charge in [0.2, 0.25) is 0 Å². The number of oxime groups is 1. The quantitative estimate of drug-likeness (QED) is 0.248. The highest BCUT2D eigenvalue weighted by atomic mass is 16.4. The molecule has 5 nitrogen and oxygen atoms in total. The van der Waals surface area contributed by atoms with Crippen molar-refractivity contribution >= 4 is 5.84 Å². The van der Waals surface area contributed by atoms with Crippen molar-refractivity contribution in [2.45, 2.75) is 56.9 Å². The molecular formula is C13H25N3O2. The molecule has 0 atom stereocenters. The average Bonchev–Trinajstić information content (AvgIpc) is 3.18. The van der Waals surface area contributed by atoms with Crippen LogP contribution in [0.3, 0.4) is 0 Å². The van der Waals surface area contributed by atoms with Crippen molar-refractivity contribution in [1.29, 1.82) is 0 Å². The predicted molar refractivity (Wildman–Crippen MR) is 70.6 cm³/mol. The minimum Gasteiger partial charge on any atom is -0.409 e. The lowest BCUT2D eigenvalue weighted by atomic mass is 9.81. The van der Waals surface area contributed by atoms with Crippen molar-refractivity contribution in [2.75, 3.05) is 13.2 Å². The molecule has 0 amide bonds. The Hall–Kier alpha value is -0.810. The summed E-state index contributed by atoms with van der Waals surface area (Å²) in [6.45, 7) is 1.08. The first-order chi connectivity index (χ1) is 8.64. The Kier molecular flexibility index (Phi) is 4.12. The van der Waals surface area contributed by atoms with Gasteiger partial charge in [-0.25, -0.2) is 0 Å². The molecule has 2 aliphatic rings. The number of nitrogens with one attached hydrogen (secondary N) is 1. The molecule has 5 heteroatoms. The zero-order valence-corrected chi connectivity index (χ0v) is 11.0. The van der Waals surface area contributed by atoms with Gasteiger partial charge in [-0.2, -0.15) is 0 Å². The number of hydrogen-bond acceptors (Lipinski definition) is 4. The maximum atomic E-state index is 9.64. The fraction of sp³-hybridized carbons (Fsp3) is 0.923. The maximum absolute atomic E-state index is 9.64. The van der Waals surface area contributed by atoms with Crippen LogP contribution in [0.5, 0.6) is 0 Å². The molecule has 18 heavy (non-hydrogen) atoms. The van der Waals surface area contributed by atoms with Crippen LogP contribution in [0.1, 0.15) is 51.4 Å². The van der Waals surface area contributed by atoms with E-state index < -0.39 is 0 Å². The van der Waals surface area contributed by atoms with Crippen LogP contribution in [-0.2, 0) is 0 Å². The summed E-state index contributed by atoms with van der Waals surface area (Å²) >= 11 is 0. The van der Waals surface area contributed by atoms with E-state index in [1.54, 1.807) is 0 Å². The van der Waals surface area contributed by atoms with Crippen LogP contribution in [-0.4, -0.2) is 34.8 Å². The summed E-state index contributed by atoms with van der Waals surface area (Å²) in [6, 6.07) is 0. The molecule has 0 aliphatic heterocycles. The summed E-state index contributed by atoms with van der Waals surface area (Å²) in [4.78, 5) is 0. The Balaban J connectivity index is 1.86. The number of amidine groups is 1. The topological polar surface area (TPSA) is 90.9 Å². The van der Waals surface area contributed by atoms with Crippen molar-refractivity contribution in [3.05, 3.63) is 0 Å². The summed E-state index contributed by atoms with van der Waals surface area (Å²) < 4.78 is 0. The largest absolute Gasteiger partial charge is 0.409 e. The summed E-state index contributed by atoms with van der Waals surface area (Å²) in [5.41, 5.74) is 5.67. The van der Waals surface area contributed by atoms with Gasteiger partial charge in [0, 0.05) is 18.5 Å². The van der Waals surface area contributed by atoms with Crippen molar-refractivity contribution in [3.8, 4) is 0 Å². The Morgan fingerprint density at radius 2 is 1.83 bits per heavy atom. The second-order valence-corrected chi connectivity index (χ2v) is 6.12. The molecule has 0 aromatic rings. The van der Waals surface area contributed by atoms with Crippen molar-refractivity contribution < 1.29 is 10.3 Å². The lowest BCUT2D eigenvalue weighted by Crippen LogP contribution is -2.52. The monoisotopic (exact) mass is 255 g/mol. The molecule has 2 saturated carbocycles. The van der Waals surface area contributed by atoms with Gasteiger partial charge >= 0.3 is 0 Å². The molecular weight excluding hydrogens is 230 g/mol. The molecule has 0 unspecified atom stereocenters. The first-order valence-corrected chi connectivity index (χ1v) is 6.96. The lowest BCUT2D eigenvalue weighted by molar-refractivity contribution is 0.115. The first kappa shape index (κ1) is 13.6. The number of hydrogen-bond donors (Lipinski definition) is 4. The van der Waals surface area contributed by atoms with Crippen LogP contribution in [0.2, 0.25) is 0 Å². The molecule has 2 rings (SSSR count). The first-order valence-electron chi connectivity index (χ1n) is 6.96. The van der Waals surface area contributed by atoms with Crippen LogP contribution in [0, 0.1) is 5.41 Å². The van der Waals surface area contributed by atoms with Crippen LogP contribution in [0.25, 0.3) is 0 Å². The summed E-state index contributed by atoms with van der Waals surface area (Å²) in [7, 11) is 0.